The van der Waals surface area contributed by atoms with Crippen molar-refractivity contribution in [3.8, 4) is 0 Å². The Balaban J connectivity index is 1.13. The van der Waals surface area contributed by atoms with E-state index in [0.29, 0.717) is 11.9 Å². The minimum Gasteiger partial charge on any atom is -0.387 e. The van der Waals surface area contributed by atoms with Gasteiger partial charge >= 0.3 is 0 Å². The molecule has 0 aromatic heterocycles. The van der Waals surface area contributed by atoms with Crippen LogP contribution < -0.4 is 15.1 Å². The Morgan fingerprint density at radius 3 is 2.45 bits per heavy atom. The summed E-state index contributed by atoms with van der Waals surface area (Å²) in [5, 5.41) is 3.21. The lowest BCUT2D eigenvalue weighted by Crippen LogP contribution is -2.49. The van der Waals surface area contributed by atoms with Crippen molar-refractivity contribution in [2.45, 2.75) is 38.6 Å². The Morgan fingerprint density at radius 1 is 1.06 bits per heavy atom. The van der Waals surface area contributed by atoms with Gasteiger partial charge in [0.15, 0.2) is 0 Å². The van der Waals surface area contributed by atoms with Gasteiger partial charge in [-0.2, -0.15) is 0 Å². The molecule has 1 amide bonds. The highest BCUT2D eigenvalue weighted by Crippen LogP contribution is 2.43. The number of para-hydroxylation sites is 2. The van der Waals surface area contributed by atoms with Crippen molar-refractivity contribution in [3.05, 3.63) is 60.6 Å². The summed E-state index contributed by atoms with van der Waals surface area (Å²) in [5.41, 5.74) is 3.90. The summed E-state index contributed by atoms with van der Waals surface area (Å²) < 4.78 is 0. The van der Waals surface area contributed by atoms with Crippen LogP contribution in [0.15, 0.2) is 60.6 Å². The molecule has 2 fully saturated rings. The maximum atomic E-state index is 13.3. The molecule has 0 atom stereocenters. The lowest BCUT2D eigenvalue weighted by Gasteiger charge is -2.40. The Labute approximate surface area is 198 Å². The number of hydrogen-bond acceptors (Lipinski definition) is 5. The number of rotatable bonds is 5. The Hall–Kier alpha value is -2.73. The Kier molecular flexibility index (Phi) is 6.45. The van der Waals surface area contributed by atoms with E-state index in [1.54, 1.807) is 0 Å². The van der Waals surface area contributed by atoms with Crippen molar-refractivity contribution in [2.75, 3.05) is 55.6 Å². The number of dihydropyridines is 1. The summed E-state index contributed by atoms with van der Waals surface area (Å²) in [7, 11) is 0. The largest absolute Gasteiger partial charge is 0.387 e. The van der Waals surface area contributed by atoms with E-state index in [2.05, 4.69) is 74.8 Å². The zero-order chi connectivity index (χ0) is 22.8. The predicted octanol–water partition coefficient (Wildman–Crippen LogP) is 3.55. The third-order valence-corrected chi connectivity index (χ3v) is 7.72. The highest BCUT2D eigenvalue weighted by Gasteiger charge is 2.37. The van der Waals surface area contributed by atoms with Crippen molar-refractivity contribution in [3.63, 3.8) is 0 Å². The number of carbonyl (C=O) groups is 1. The standard InChI is InChI=1S/C27H37N5O/c1-3-31-21(2)32(26-7-5-4-6-25(26)31)24-12-18-30(19-13-24)27(33)23-10-16-29(17-11-23)20-22-8-14-28-15-9-22/h4-9,14,23-24,28H,2-3,10-13,15-20H2,1H3. The second-order valence-electron chi connectivity index (χ2n) is 9.65. The predicted molar refractivity (Wildman–Crippen MR) is 135 cm³/mol. The number of anilines is 2. The lowest BCUT2D eigenvalue weighted by molar-refractivity contribution is -0.138. The first kappa shape index (κ1) is 22.1. The molecule has 0 spiro atoms. The van der Waals surface area contributed by atoms with Gasteiger partial charge in [-0.1, -0.05) is 24.8 Å². The number of nitrogens with one attached hydrogen (secondary N) is 1. The Bertz CT molecular complexity index is 938. The van der Waals surface area contributed by atoms with Gasteiger partial charge in [-0.15, -0.1) is 0 Å². The first-order valence-corrected chi connectivity index (χ1v) is 12.6. The van der Waals surface area contributed by atoms with Crippen LogP contribution in [-0.4, -0.2) is 67.6 Å². The van der Waals surface area contributed by atoms with E-state index in [4.69, 9.17) is 0 Å². The molecule has 0 saturated carbocycles. The second kappa shape index (κ2) is 9.64. The van der Waals surface area contributed by atoms with E-state index >= 15 is 0 Å². The quantitative estimate of drug-likeness (QED) is 0.748. The van der Waals surface area contributed by atoms with Gasteiger partial charge in [0.05, 0.1) is 11.4 Å². The van der Waals surface area contributed by atoms with Crippen molar-refractivity contribution in [1.82, 2.24) is 15.1 Å². The van der Waals surface area contributed by atoms with E-state index in [9.17, 15) is 4.79 Å². The van der Waals surface area contributed by atoms with Crippen LogP contribution in [0, 0.1) is 5.92 Å². The third kappa shape index (κ3) is 4.41. The molecule has 6 nitrogen and oxygen atoms in total. The summed E-state index contributed by atoms with van der Waals surface area (Å²) in [4.78, 5) is 22.6. The van der Waals surface area contributed by atoms with Crippen LogP contribution in [0.3, 0.4) is 0 Å². The smallest absolute Gasteiger partial charge is 0.225 e. The summed E-state index contributed by atoms with van der Waals surface area (Å²) in [6.07, 6.45) is 10.4. The molecular weight excluding hydrogens is 410 g/mol. The summed E-state index contributed by atoms with van der Waals surface area (Å²) in [6, 6.07) is 9.02. The van der Waals surface area contributed by atoms with Crippen LogP contribution >= 0.6 is 0 Å². The number of hydrogen-bond donors (Lipinski definition) is 1. The zero-order valence-electron chi connectivity index (χ0n) is 19.9. The van der Waals surface area contributed by atoms with Crippen LogP contribution in [0.5, 0.6) is 0 Å². The molecule has 33 heavy (non-hydrogen) atoms. The molecular formula is C27H37N5O. The number of piperidine rings is 2. The summed E-state index contributed by atoms with van der Waals surface area (Å²) >= 11 is 0. The maximum Gasteiger partial charge on any atom is 0.225 e. The number of carbonyl (C=O) groups excluding carboxylic acids is 1. The SMILES string of the molecule is C=C1N(CC)c2ccccc2N1C1CCN(C(=O)C2CCN(CC3=CCNC=C3)CC2)CC1. The Morgan fingerprint density at radius 2 is 1.79 bits per heavy atom. The fraction of sp³-hybridized carbons (Fsp3) is 0.519. The van der Waals surface area contributed by atoms with Crippen molar-refractivity contribution in [1.29, 1.82) is 0 Å². The third-order valence-electron chi connectivity index (χ3n) is 7.72. The molecule has 4 heterocycles. The minimum atomic E-state index is 0.188. The molecule has 4 aliphatic heterocycles. The fourth-order valence-electron chi connectivity index (χ4n) is 5.87. The van der Waals surface area contributed by atoms with Crippen LogP contribution in [0.2, 0.25) is 0 Å². The maximum absolute atomic E-state index is 13.3. The highest BCUT2D eigenvalue weighted by molar-refractivity contribution is 5.83. The monoisotopic (exact) mass is 447 g/mol. The average Bonchev–Trinajstić information content (AvgIpc) is 3.15. The first-order valence-electron chi connectivity index (χ1n) is 12.6. The summed E-state index contributed by atoms with van der Waals surface area (Å²) in [6.45, 7) is 13.2. The van der Waals surface area contributed by atoms with Crippen LogP contribution in [0.25, 0.3) is 0 Å². The van der Waals surface area contributed by atoms with E-state index in [1.807, 2.05) is 6.20 Å². The van der Waals surface area contributed by atoms with Gasteiger partial charge in [-0.25, -0.2) is 0 Å². The lowest BCUT2D eigenvalue weighted by atomic mass is 9.93. The number of benzene rings is 1. The second-order valence-corrected chi connectivity index (χ2v) is 9.65. The minimum absolute atomic E-state index is 0.188. The van der Waals surface area contributed by atoms with Gasteiger partial charge in [0.2, 0.25) is 5.91 Å². The number of nitrogens with zero attached hydrogens (tertiary/aromatic N) is 4. The van der Waals surface area contributed by atoms with Crippen molar-refractivity contribution >= 4 is 17.3 Å². The molecule has 0 aliphatic carbocycles. The molecule has 176 valence electrons. The average molecular weight is 448 g/mol. The van der Waals surface area contributed by atoms with Gasteiger partial charge in [0.25, 0.3) is 0 Å². The molecule has 6 heteroatoms. The summed E-state index contributed by atoms with van der Waals surface area (Å²) in [5.74, 6) is 1.65. The molecule has 5 rings (SSSR count). The van der Waals surface area contributed by atoms with Gasteiger partial charge < -0.3 is 20.0 Å². The molecule has 0 radical (unpaired) electrons. The molecule has 0 bridgehead atoms. The normalized spacial score (nSPS) is 22.4. The van der Waals surface area contributed by atoms with E-state index in [-0.39, 0.29) is 5.92 Å². The highest BCUT2D eigenvalue weighted by atomic mass is 16.2. The molecule has 2 saturated heterocycles. The van der Waals surface area contributed by atoms with E-state index in [1.165, 1.54) is 16.9 Å². The van der Waals surface area contributed by atoms with Crippen molar-refractivity contribution in [2.24, 2.45) is 5.92 Å². The van der Waals surface area contributed by atoms with Crippen LogP contribution in [0.4, 0.5) is 11.4 Å². The fourth-order valence-corrected chi connectivity index (χ4v) is 5.87. The number of amides is 1. The van der Waals surface area contributed by atoms with E-state index < -0.39 is 0 Å². The molecule has 1 N–H and O–H groups in total. The van der Waals surface area contributed by atoms with Gasteiger partial charge in [0.1, 0.15) is 5.82 Å². The molecule has 4 aliphatic rings. The van der Waals surface area contributed by atoms with E-state index in [0.717, 1.165) is 77.3 Å². The van der Waals surface area contributed by atoms with Crippen molar-refractivity contribution < 1.29 is 4.79 Å². The number of fused-ring (bicyclic) bond motifs is 1. The van der Waals surface area contributed by atoms with Crippen LogP contribution in [-0.2, 0) is 4.79 Å². The van der Waals surface area contributed by atoms with Gasteiger partial charge in [0, 0.05) is 44.7 Å². The molecule has 0 unspecified atom stereocenters. The van der Waals surface area contributed by atoms with Gasteiger partial charge in [-0.05, 0) is 75.7 Å². The van der Waals surface area contributed by atoms with Crippen LogP contribution in [0.1, 0.15) is 32.6 Å². The topological polar surface area (TPSA) is 42.1 Å². The zero-order valence-corrected chi connectivity index (χ0v) is 19.9. The van der Waals surface area contributed by atoms with Gasteiger partial charge in [-0.3, -0.25) is 9.69 Å². The number of likely N-dealkylation sites (tertiary alicyclic amines) is 2. The molecule has 1 aromatic rings. The first-order chi connectivity index (χ1) is 16.2. The molecule has 1 aromatic carbocycles.